The molecule has 1 saturated heterocycles. The number of carbonyl (C=O) groups excluding carboxylic acids is 1. The van der Waals surface area contributed by atoms with Crippen molar-refractivity contribution in [3.05, 3.63) is 59.4 Å². The van der Waals surface area contributed by atoms with E-state index < -0.39 is 16.7 Å². The third-order valence-corrected chi connectivity index (χ3v) is 5.90. The fourth-order valence-corrected chi connectivity index (χ4v) is 3.92. The summed E-state index contributed by atoms with van der Waals surface area (Å²) >= 11 is 5.68. The molecule has 3 aromatic rings. The van der Waals surface area contributed by atoms with Crippen molar-refractivity contribution in [2.45, 2.75) is 18.9 Å². The number of rotatable bonds is 6. The number of hydrogen-bond donors (Lipinski definition) is 2. The molecule has 4 rings (SSSR count). The number of ether oxygens (including phenoxy) is 1. The second-order valence-corrected chi connectivity index (χ2v) is 8.06. The van der Waals surface area contributed by atoms with Crippen molar-refractivity contribution in [1.82, 2.24) is 14.9 Å². The SMILES string of the molecule is COc1cc2ncnc(Nc3ccc(F)c(Cl)c3F)c2cc1NC(=O)/C=C/[C@H]1CCCN1C. The van der Waals surface area contributed by atoms with Crippen LogP contribution in [0, 0.1) is 11.6 Å². The Hall–Kier alpha value is -3.30. The Balaban J connectivity index is 1.64. The minimum absolute atomic E-state index is 0.0496. The van der Waals surface area contributed by atoms with E-state index in [1.165, 1.54) is 25.6 Å². The highest BCUT2D eigenvalue weighted by Crippen LogP contribution is 2.34. The van der Waals surface area contributed by atoms with Gasteiger partial charge in [-0.3, -0.25) is 9.69 Å². The van der Waals surface area contributed by atoms with Crippen LogP contribution in [0.2, 0.25) is 5.02 Å². The van der Waals surface area contributed by atoms with Crippen molar-refractivity contribution >= 4 is 45.6 Å². The molecule has 2 aromatic carbocycles. The molecule has 33 heavy (non-hydrogen) atoms. The van der Waals surface area contributed by atoms with E-state index in [0.29, 0.717) is 22.3 Å². The predicted octanol–water partition coefficient (Wildman–Crippen LogP) is 4.90. The number of fused-ring (bicyclic) bond motifs is 1. The summed E-state index contributed by atoms with van der Waals surface area (Å²) in [5.41, 5.74) is 0.848. The van der Waals surface area contributed by atoms with Gasteiger partial charge in [0.1, 0.15) is 28.7 Å². The molecule has 10 heteroatoms. The van der Waals surface area contributed by atoms with E-state index in [1.54, 1.807) is 12.1 Å². The summed E-state index contributed by atoms with van der Waals surface area (Å²) in [6.07, 6.45) is 6.79. The zero-order valence-corrected chi connectivity index (χ0v) is 18.8. The van der Waals surface area contributed by atoms with Gasteiger partial charge in [-0.1, -0.05) is 17.7 Å². The van der Waals surface area contributed by atoms with Crippen LogP contribution in [0.5, 0.6) is 5.75 Å². The molecule has 7 nitrogen and oxygen atoms in total. The van der Waals surface area contributed by atoms with Crippen LogP contribution in [-0.4, -0.2) is 47.5 Å². The van der Waals surface area contributed by atoms with Crippen LogP contribution >= 0.6 is 11.6 Å². The predicted molar refractivity (Wildman–Crippen MR) is 124 cm³/mol. The number of anilines is 3. The van der Waals surface area contributed by atoms with E-state index in [2.05, 4.69) is 25.5 Å². The Labute approximate surface area is 194 Å². The highest BCUT2D eigenvalue weighted by Gasteiger charge is 2.19. The minimum atomic E-state index is -0.938. The summed E-state index contributed by atoms with van der Waals surface area (Å²) in [6.45, 7) is 1.00. The summed E-state index contributed by atoms with van der Waals surface area (Å²) in [5, 5.41) is 5.51. The fraction of sp³-hybridized carbons (Fsp3) is 0.261. The summed E-state index contributed by atoms with van der Waals surface area (Å²) < 4.78 is 33.3. The quantitative estimate of drug-likeness (QED) is 0.391. The van der Waals surface area contributed by atoms with Crippen LogP contribution < -0.4 is 15.4 Å². The van der Waals surface area contributed by atoms with E-state index in [-0.39, 0.29) is 23.5 Å². The first-order valence-electron chi connectivity index (χ1n) is 10.3. The van der Waals surface area contributed by atoms with Gasteiger partial charge >= 0.3 is 0 Å². The second kappa shape index (κ2) is 9.68. The Morgan fingerprint density at radius 2 is 2.09 bits per heavy atom. The highest BCUT2D eigenvalue weighted by atomic mass is 35.5. The monoisotopic (exact) mass is 473 g/mol. The molecule has 2 heterocycles. The van der Waals surface area contributed by atoms with E-state index in [4.69, 9.17) is 16.3 Å². The molecular formula is C23H22ClF2N5O2. The summed E-state index contributed by atoms with van der Waals surface area (Å²) in [4.78, 5) is 23.1. The summed E-state index contributed by atoms with van der Waals surface area (Å²) in [6, 6.07) is 5.78. The number of nitrogens with one attached hydrogen (secondary N) is 2. The maximum absolute atomic E-state index is 14.4. The van der Waals surface area contributed by atoms with E-state index in [1.807, 2.05) is 13.1 Å². The van der Waals surface area contributed by atoms with Gasteiger partial charge < -0.3 is 15.4 Å². The number of likely N-dealkylation sites (N-methyl/N-ethyl adjacent to an activating group) is 1. The highest BCUT2D eigenvalue weighted by molar-refractivity contribution is 6.31. The second-order valence-electron chi connectivity index (χ2n) is 7.68. The third kappa shape index (κ3) is 4.89. The van der Waals surface area contributed by atoms with Crippen molar-refractivity contribution in [3.8, 4) is 5.75 Å². The third-order valence-electron chi connectivity index (χ3n) is 5.55. The first kappa shape index (κ1) is 22.9. The molecular weight excluding hydrogens is 452 g/mol. The van der Waals surface area contributed by atoms with Gasteiger partial charge in [0.05, 0.1) is 24.0 Å². The largest absolute Gasteiger partial charge is 0.494 e. The Bertz CT molecular complexity index is 1240. The van der Waals surface area contributed by atoms with Crippen molar-refractivity contribution < 1.29 is 18.3 Å². The number of methoxy groups -OCH3 is 1. The molecule has 0 bridgehead atoms. The number of nitrogens with zero attached hydrogens (tertiary/aromatic N) is 3. The Kier molecular flexibility index (Phi) is 6.71. The maximum atomic E-state index is 14.4. The standard InChI is InChI=1S/C23H22ClF2N5O2/c1-31-9-3-4-13(31)5-8-20(32)29-18-10-14-17(11-19(18)33-2)27-12-28-23(14)30-16-7-6-15(25)21(24)22(16)26/h5-8,10-13H,3-4,9H2,1-2H3,(H,29,32)(H,27,28,30)/b8-5+/t13-/m1/s1. The van der Waals surface area contributed by atoms with Crippen molar-refractivity contribution in [2.75, 3.05) is 31.3 Å². The Morgan fingerprint density at radius 1 is 1.27 bits per heavy atom. The number of aromatic nitrogens is 2. The van der Waals surface area contributed by atoms with Gasteiger partial charge in [0.2, 0.25) is 5.91 Å². The van der Waals surface area contributed by atoms with Crippen molar-refractivity contribution in [2.24, 2.45) is 0 Å². The topological polar surface area (TPSA) is 79.4 Å². The number of likely N-dealkylation sites (tertiary alicyclic amines) is 1. The normalized spacial score (nSPS) is 16.5. The van der Waals surface area contributed by atoms with Gasteiger partial charge in [-0.15, -0.1) is 0 Å². The fourth-order valence-electron chi connectivity index (χ4n) is 3.75. The number of benzene rings is 2. The molecule has 1 amide bonds. The molecule has 1 aromatic heterocycles. The van der Waals surface area contributed by atoms with Crippen LogP contribution in [0.15, 0.2) is 42.7 Å². The van der Waals surface area contributed by atoms with Gasteiger partial charge in [-0.25, -0.2) is 18.7 Å². The number of halogens is 3. The van der Waals surface area contributed by atoms with Gasteiger partial charge in [-0.05, 0) is 44.6 Å². The van der Waals surface area contributed by atoms with Crippen LogP contribution in [0.25, 0.3) is 10.9 Å². The zero-order valence-electron chi connectivity index (χ0n) is 18.0. The first-order valence-corrected chi connectivity index (χ1v) is 10.7. The van der Waals surface area contributed by atoms with Crippen LogP contribution in [0.1, 0.15) is 12.8 Å². The molecule has 0 spiro atoms. The average molecular weight is 474 g/mol. The Morgan fingerprint density at radius 3 is 2.82 bits per heavy atom. The van der Waals surface area contributed by atoms with Gasteiger partial charge in [0.25, 0.3) is 0 Å². The number of carbonyl (C=O) groups is 1. The molecule has 1 aliphatic heterocycles. The summed E-state index contributed by atoms with van der Waals surface area (Å²) in [5.74, 6) is -1.45. The molecule has 1 fully saturated rings. The molecule has 0 saturated carbocycles. The number of hydrogen-bond acceptors (Lipinski definition) is 6. The van der Waals surface area contributed by atoms with Gasteiger partial charge in [0.15, 0.2) is 5.82 Å². The maximum Gasteiger partial charge on any atom is 0.248 e. The zero-order chi connectivity index (χ0) is 23.5. The first-order chi connectivity index (χ1) is 15.9. The molecule has 1 aliphatic rings. The molecule has 172 valence electrons. The van der Waals surface area contributed by atoms with Crippen LogP contribution in [-0.2, 0) is 4.79 Å². The van der Waals surface area contributed by atoms with Crippen molar-refractivity contribution in [1.29, 1.82) is 0 Å². The molecule has 2 N–H and O–H groups in total. The van der Waals surface area contributed by atoms with Crippen LogP contribution in [0.3, 0.4) is 0 Å². The molecule has 0 unspecified atom stereocenters. The van der Waals surface area contributed by atoms with Gasteiger partial charge in [-0.2, -0.15) is 0 Å². The lowest BCUT2D eigenvalue weighted by Gasteiger charge is -2.15. The lowest BCUT2D eigenvalue weighted by Crippen LogP contribution is -2.23. The smallest absolute Gasteiger partial charge is 0.248 e. The van der Waals surface area contributed by atoms with Crippen LogP contribution in [0.4, 0.5) is 26.0 Å². The average Bonchev–Trinajstić information content (AvgIpc) is 3.22. The molecule has 1 atom stereocenters. The molecule has 0 aliphatic carbocycles. The van der Waals surface area contributed by atoms with E-state index >= 15 is 0 Å². The lowest BCUT2D eigenvalue weighted by molar-refractivity contribution is -0.111. The number of amides is 1. The van der Waals surface area contributed by atoms with Crippen molar-refractivity contribution in [3.63, 3.8) is 0 Å². The molecule has 0 radical (unpaired) electrons. The van der Waals surface area contributed by atoms with E-state index in [9.17, 15) is 13.6 Å². The van der Waals surface area contributed by atoms with Gasteiger partial charge in [0, 0.05) is 23.6 Å². The van der Waals surface area contributed by atoms with E-state index in [0.717, 1.165) is 25.5 Å². The summed E-state index contributed by atoms with van der Waals surface area (Å²) in [7, 11) is 3.51. The minimum Gasteiger partial charge on any atom is -0.494 e. The lowest BCUT2D eigenvalue weighted by atomic mass is 10.1.